The van der Waals surface area contributed by atoms with E-state index in [4.69, 9.17) is 31.2 Å². The molecule has 0 bridgehead atoms. The molecule has 0 aliphatic heterocycles. The molecule has 0 aromatic heterocycles. The average Bonchev–Trinajstić information content (AvgIpc) is 2.63. The Kier molecular flexibility index (Phi) is 7.27. The summed E-state index contributed by atoms with van der Waals surface area (Å²) in [6.07, 6.45) is 1.01. The Morgan fingerprint density at radius 3 is 2.35 bits per heavy atom. The molecular weight excluding hydrogens is 348 g/mol. The third-order valence-corrected chi connectivity index (χ3v) is 4.39. The number of ether oxygens (including phenoxy) is 4. The second-order valence-electron chi connectivity index (χ2n) is 5.91. The van der Waals surface area contributed by atoms with Gasteiger partial charge in [-0.05, 0) is 62.1 Å². The maximum atomic E-state index is 6.10. The van der Waals surface area contributed by atoms with Gasteiger partial charge in [-0.25, -0.2) is 0 Å². The molecule has 0 spiro atoms. The minimum atomic E-state index is 0.0548. The van der Waals surface area contributed by atoms with Gasteiger partial charge in [-0.2, -0.15) is 0 Å². The van der Waals surface area contributed by atoms with Crippen molar-refractivity contribution in [3.63, 3.8) is 0 Å². The molecule has 0 radical (unpaired) electrons. The third kappa shape index (κ3) is 4.88. The highest BCUT2D eigenvalue weighted by Gasteiger charge is 2.15. The van der Waals surface area contributed by atoms with Gasteiger partial charge in [0.15, 0.2) is 0 Å². The molecule has 2 aromatic carbocycles. The SMILES string of the molecule is CCOc1cccc(OC(=S)OC)c1COc1cc(C)c(CC)cc1C. The predicted octanol–water partition coefficient (Wildman–Crippen LogP) is 5.15. The van der Waals surface area contributed by atoms with Gasteiger partial charge >= 0.3 is 5.24 Å². The van der Waals surface area contributed by atoms with E-state index in [0.717, 1.165) is 23.3 Å². The second-order valence-corrected chi connectivity index (χ2v) is 6.24. The van der Waals surface area contributed by atoms with Crippen LogP contribution in [0.25, 0.3) is 0 Å². The maximum absolute atomic E-state index is 6.10. The maximum Gasteiger partial charge on any atom is 0.357 e. The van der Waals surface area contributed by atoms with Crippen LogP contribution in [0.4, 0.5) is 0 Å². The number of aryl methyl sites for hydroxylation is 3. The Labute approximate surface area is 161 Å². The van der Waals surface area contributed by atoms with Crippen LogP contribution in [0, 0.1) is 13.8 Å². The van der Waals surface area contributed by atoms with Gasteiger partial charge in [-0.1, -0.05) is 19.1 Å². The molecule has 0 N–H and O–H groups in total. The van der Waals surface area contributed by atoms with Crippen molar-refractivity contribution in [2.45, 2.75) is 40.7 Å². The van der Waals surface area contributed by atoms with Crippen molar-refractivity contribution in [1.29, 1.82) is 0 Å². The van der Waals surface area contributed by atoms with Crippen molar-refractivity contribution < 1.29 is 18.9 Å². The summed E-state index contributed by atoms with van der Waals surface area (Å²) in [5.41, 5.74) is 4.46. The molecule has 0 aliphatic carbocycles. The Bertz CT molecular complexity index is 771. The van der Waals surface area contributed by atoms with Gasteiger partial charge in [0.2, 0.25) is 0 Å². The average molecular weight is 375 g/mol. The van der Waals surface area contributed by atoms with Crippen LogP contribution in [0.15, 0.2) is 30.3 Å². The van der Waals surface area contributed by atoms with Crippen molar-refractivity contribution in [2.75, 3.05) is 13.7 Å². The summed E-state index contributed by atoms with van der Waals surface area (Å²) >= 11 is 5.02. The van der Waals surface area contributed by atoms with Crippen LogP contribution in [0.5, 0.6) is 17.2 Å². The van der Waals surface area contributed by atoms with Gasteiger partial charge in [0.25, 0.3) is 0 Å². The zero-order valence-corrected chi connectivity index (χ0v) is 16.9. The van der Waals surface area contributed by atoms with E-state index in [2.05, 4.69) is 32.9 Å². The van der Waals surface area contributed by atoms with Gasteiger partial charge in [-0.3, -0.25) is 0 Å². The predicted molar refractivity (Wildman–Crippen MR) is 107 cm³/mol. The lowest BCUT2D eigenvalue weighted by atomic mass is 10.0. The van der Waals surface area contributed by atoms with Crippen molar-refractivity contribution in [3.05, 3.63) is 52.6 Å². The molecule has 0 unspecified atom stereocenters. The van der Waals surface area contributed by atoms with E-state index in [-0.39, 0.29) is 5.24 Å². The van der Waals surface area contributed by atoms with E-state index in [1.165, 1.54) is 18.2 Å². The van der Waals surface area contributed by atoms with Crippen LogP contribution in [0.3, 0.4) is 0 Å². The number of hydrogen-bond donors (Lipinski definition) is 0. The van der Waals surface area contributed by atoms with Crippen LogP contribution in [-0.4, -0.2) is 19.0 Å². The van der Waals surface area contributed by atoms with Gasteiger partial charge in [0, 0.05) is 12.2 Å². The van der Waals surface area contributed by atoms with Crippen molar-refractivity contribution >= 4 is 17.5 Å². The highest BCUT2D eigenvalue weighted by molar-refractivity contribution is 7.79. The smallest absolute Gasteiger partial charge is 0.357 e. The summed E-state index contributed by atoms with van der Waals surface area (Å²) in [6.45, 7) is 9.11. The summed E-state index contributed by atoms with van der Waals surface area (Å²) in [4.78, 5) is 0. The molecular formula is C21H26O4S. The molecule has 0 heterocycles. The zero-order valence-electron chi connectivity index (χ0n) is 16.0. The van der Waals surface area contributed by atoms with Crippen LogP contribution < -0.4 is 14.2 Å². The molecule has 5 heteroatoms. The van der Waals surface area contributed by atoms with Crippen molar-refractivity contribution in [1.82, 2.24) is 0 Å². The number of thiocarbonyl (C=S) groups is 1. The molecule has 140 valence electrons. The molecule has 0 fully saturated rings. The molecule has 0 aliphatic rings. The van der Waals surface area contributed by atoms with Crippen LogP contribution in [0.1, 0.15) is 36.1 Å². The van der Waals surface area contributed by atoms with E-state index < -0.39 is 0 Å². The number of rotatable bonds is 7. The summed E-state index contributed by atoms with van der Waals surface area (Å²) in [5.74, 6) is 2.14. The van der Waals surface area contributed by atoms with Crippen LogP contribution in [0.2, 0.25) is 0 Å². The molecule has 0 saturated heterocycles. The Balaban J connectivity index is 2.30. The topological polar surface area (TPSA) is 36.9 Å². The lowest BCUT2D eigenvalue weighted by Gasteiger charge is -2.17. The van der Waals surface area contributed by atoms with Crippen LogP contribution in [-0.2, 0) is 17.8 Å². The van der Waals surface area contributed by atoms with Crippen LogP contribution >= 0.6 is 12.2 Å². The van der Waals surface area contributed by atoms with Gasteiger partial charge in [-0.15, -0.1) is 0 Å². The normalized spacial score (nSPS) is 10.3. The first kappa shape index (κ1) is 20.0. The first-order chi connectivity index (χ1) is 12.5. The fraction of sp³-hybridized carbons (Fsp3) is 0.381. The minimum absolute atomic E-state index is 0.0548. The number of hydrogen-bond acceptors (Lipinski definition) is 5. The summed E-state index contributed by atoms with van der Waals surface area (Å²) in [7, 11) is 1.48. The zero-order chi connectivity index (χ0) is 19.1. The Hall–Kier alpha value is -2.27. The fourth-order valence-electron chi connectivity index (χ4n) is 2.74. The monoisotopic (exact) mass is 374 g/mol. The second kappa shape index (κ2) is 9.43. The number of methoxy groups -OCH3 is 1. The molecule has 2 aromatic rings. The quantitative estimate of drug-likeness (QED) is 0.626. The van der Waals surface area contributed by atoms with E-state index in [1.54, 1.807) is 0 Å². The van der Waals surface area contributed by atoms with Gasteiger partial charge < -0.3 is 18.9 Å². The first-order valence-corrected chi connectivity index (χ1v) is 9.14. The van der Waals surface area contributed by atoms with E-state index in [0.29, 0.717) is 24.7 Å². The van der Waals surface area contributed by atoms with E-state index in [1.807, 2.05) is 25.1 Å². The Morgan fingerprint density at radius 1 is 0.962 bits per heavy atom. The molecule has 0 amide bonds. The molecule has 4 nitrogen and oxygen atoms in total. The van der Waals surface area contributed by atoms with Crippen molar-refractivity contribution in [2.24, 2.45) is 0 Å². The number of benzene rings is 2. The highest BCUT2D eigenvalue weighted by Crippen LogP contribution is 2.32. The summed E-state index contributed by atoms with van der Waals surface area (Å²) < 4.78 is 22.4. The molecule has 0 atom stereocenters. The molecule has 0 saturated carbocycles. The largest absolute Gasteiger partial charge is 0.493 e. The highest BCUT2D eigenvalue weighted by atomic mass is 32.1. The summed E-state index contributed by atoms with van der Waals surface area (Å²) in [6, 6.07) is 9.83. The van der Waals surface area contributed by atoms with Gasteiger partial charge in [0.1, 0.15) is 23.9 Å². The minimum Gasteiger partial charge on any atom is -0.493 e. The lowest BCUT2D eigenvalue weighted by Crippen LogP contribution is -2.11. The third-order valence-electron chi connectivity index (χ3n) is 4.14. The van der Waals surface area contributed by atoms with Crippen molar-refractivity contribution in [3.8, 4) is 17.2 Å². The molecule has 26 heavy (non-hydrogen) atoms. The molecule has 2 rings (SSSR count). The first-order valence-electron chi connectivity index (χ1n) is 8.73. The lowest BCUT2D eigenvalue weighted by molar-refractivity contribution is 0.272. The fourth-order valence-corrected chi connectivity index (χ4v) is 2.83. The van der Waals surface area contributed by atoms with Gasteiger partial charge in [0.05, 0.1) is 19.3 Å². The summed E-state index contributed by atoms with van der Waals surface area (Å²) in [5, 5.41) is 0.0548. The van der Waals surface area contributed by atoms with E-state index >= 15 is 0 Å². The standard InChI is InChI=1S/C21H26O4S/c1-6-16-11-15(4)20(12-14(16)3)24-13-17-18(23-7-2)9-8-10-19(17)25-21(26)22-5/h8-12H,6-7,13H2,1-5H3. The van der Waals surface area contributed by atoms with E-state index in [9.17, 15) is 0 Å². The Morgan fingerprint density at radius 2 is 1.69 bits per heavy atom.